The summed E-state index contributed by atoms with van der Waals surface area (Å²) in [4.78, 5) is 33.7. The van der Waals surface area contributed by atoms with Crippen molar-refractivity contribution in [1.82, 2.24) is 15.4 Å². The molecule has 2 aromatic rings. The molecule has 0 radical (unpaired) electrons. The summed E-state index contributed by atoms with van der Waals surface area (Å²) in [5, 5.41) is 6.63. The molecule has 0 aromatic carbocycles. The van der Waals surface area contributed by atoms with E-state index in [1.54, 1.807) is 6.20 Å². The molecule has 0 spiro atoms. The highest BCUT2D eigenvalue weighted by molar-refractivity contribution is 7.20. The van der Waals surface area contributed by atoms with Crippen molar-refractivity contribution >= 4 is 40.1 Å². The number of alkyl halides is 3. The van der Waals surface area contributed by atoms with Gasteiger partial charge >= 0.3 is 6.18 Å². The van der Waals surface area contributed by atoms with Crippen LogP contribution in [0.3, 0.4) is 0 Å². The highest BCUT2D eigenvalue weighted by Crippen LogP contribution is 2.46. The molecular weight excluding hydrogens is 449 g/mol. The van der Waals surface area contributed by atoms with Crippen LogP contribution in [0.2, 0.25) is 0 Å². The van der Waals surface area contributed by atoms with Gasteiger partial charge in [-0.1, -0.05) is 13.3 Å². The summed E-state index contributed by atoms with van der Waals surface area (Å²) in [6, 6.07) is 0. The molecule has 0 saturated heterocycles. The Morgan fingerprint density at radius 2 is 1.94 bits per heavy atom. The number of nitrogens with one attached hydrogen (secondary N) is 1. The predicted molar refractivity (Wildman–Crippen MR) is 115 cm³/mol. The summed E-state index contributed by atoms with van der Waals surface area (Å²) in [5.74, 6) is -0.255. The molecule has 0 unspecified atom stereocenters. The average molecular weight is 473 g/mol. The van der Waals surface area contributed by atoms with Gasteiger partial charge in [0.1, 0.15) is 11.4 Å². The van der Waals surface area contributed by atoms with E-state index < -0.39 is 17.8 Å². The zero-order valence-corrected chi connectivity index (χ0v) is 18.6. The third kappa shape index (κ3) is 6.67. The Bertz CT molecular complexity index is 935. The summed E-state index contributed by atoms with van der Waals surface area (Å²) in [7, 11) is 0. The van der Waals surface area contributed by atoms with Crippen molar-refractivity contribution in [3.63, 3.8) is 0 Å². The van der Waals surface area contributed by atoms with E-state index in [1.165, 1.54) is 29.6 Å². The maximum atomic E-state index is 13.0. The van der Waals surface area contributed by atoms with Crippen LogP contribution in [0.5, 0.6) is 0 Å². The lowest BCUT2D eigenvalue weighted by Gasteiger charge is -2.10. The largest absolute Gasteiger partial charge is 0.431 e. The summed E-state index contributed by atoms with van der Waals surface area (Å²) in [6.45, 7) is 1.53. The first-order chi connectivity index (χ1) is 14.8. The summed E-state index contributed by atoms with van der Waals surface area (Å²) < 4.78 is 39.1. The normalized spacial score (nSPS) is 14.6. The highest BCUT2D eigenvalue weighted by Gasteiger charge is 2.35. The van der Waals surface area contributed by atoms with Crippen molar-refractivity contribution in [3.05, 3.63) is 22.1 Å². The van der Waals surface area contributed by atoms with Gasteiger partial charge in [-0.15, -0.1) is 22.7 Å². The van der Waals surface area contributed by atoms with Crippen LogP contribution in [-0.4, -0.2) is 33.5 Å². The number of halogens is 3. The first-order valence-corrected chi connectivity index (χ1v) is 11.9. The van der Waals surface area contributed by atoms with Gasteiger partial charge in [0.05, 0.1) is 0 Å². The van der Waals surface area contributed by atoms with Gasteiger partial charge in [-0.2, -0.15) is 18.3 Å². The van der Waals surface area contributed by atoms with Crippen LogP contribution in [-0.2, 0) is 4.79 Å². The number of carbonyl (C=O) groups excluding carboxylic acids is 2. The van der Waals surface area contributed by atoms with Crippen LogP contribution in [0.25, 0.3) is 10.0 Å². The number of aromatic nitrogens is 2. The molecule has 1 aliphatic carbocycles. The van der Waals surface area contributed by atoms with E-state index in [4.69, 9.17) is 0 Å². The van der Waals surface area contributed by atoms with E-state index in [0.29, 0.717) is 24.5 Å². The van der Waals surface area contributed by atoms with Crippen LogP contribution in [0, 0.1) is 0 Å². The fourth-order valence-corrected chi connectivity index (χ4v) is 4.85. The van der Waals surface area contributed by atoms with Gasteiger partial charge in [0.15, 0.2) is 15.8 Å². The fourth-order valence-electron chi connectivity index (χ4n) is 2.92. The van der Waals surface area contributed by atoms with Crippen molar-refractivity contribution < 1.29 is 22.8 Å². The SMILES string of the molecule is CCC(=O)N/N=C(/CCCCCC(=O)c1nc(-c2nccs2)sc1C1CC1)C(F)(F)F. The third-order valence-corrected chi connectivity index (χ3v) is 6.90. The lowest BCUT2D eigenvalue weighted by molar-refractivity contribution is -0.120. The molecule has 3 rings (SSSR count). The number of hydrogen-bond donors (Lipinski definition) is 1. The smallest absolute Gasteiger partial charge is 0.292 e. The topological polar surface area (TPSA) is 84.3 Å². The van der Waals surface area contributed by atoms with E-state index in [-0.39, 0.29) is 31.5 Å². The maximum Gasteiger partial charge on any atom is 0.431 e. The van der Waals surface area contributed by atoms with E-state index >= 15 is 0 Å². The number of carbonyl (C=O) groups is 2. The van der Waals surface area contributed by atoms with Crippen LogP contribution < -0.4 is 5.43 Å². The Kier molecular flexibility index (Phi) is 7.93. The molecule has 0 aliphatic heterocycles. The first-order valence-electron chi connectivity index (χ1n) is 10.2. The van der Waals surface area contributed by atoms with Crippen LogP contribution >= 0.6 is 22.7 Å². The minimum absolute atomic E-state index is 0.0560. The Morgan fingerprint density at radius 1 is 1.19 bits per heavy atom. The molecule has 11 heteroatoms. The molecule has 0 atom stereocenters. The van der Waals surface area contributed by atoms with Gasteiger partial charge in [-0.05, 0) is 38.0 Å². The molecule has 1 aliphatic rings. The molecule has 6 nitrogen and oxygen atoms in total. The number of rotatable bonds is 11. The van der Waals surface area contributed by atoms with Crippen molar-refractivity contribution in [3.8, 4) is 10.0 Å². The lowest BCUT2D eigenvalue weighted by atomic mass is 10.1. The van der Waals surface area contributed by atoms with E-state index in [2.05, 4.69) is 15.1 Å². The number of nitrogens with zero attached hydrogens (tertiary/aromatic N) is 3. The predicted octanol–water partition coefficient (Wildman–Crippen LogP) is 5.72. The number of amides is 1. The molecule has 168 valence electrons. The highest BCUT2D eigenvalue weighted by atomic mass is 32.1. The van der Waals surface area contributed by atoms with Crippen molar-refractivity contribution in [1.29, 1.82) is 0 Å². The number of unbranched alkanes of at least 4 members (excludes halogenated alkanes) is 2. The standard InChI is InChI=1S/C20H23F3N4O2S2/c1-2-15(29)27-26-14(20(21,22)23)7-5-3-4-6-13(28)16-17(12-8-9-12)31-19(25-16)18-24-10-11-30-18/h10-12H,2-9H2,1H3,(H,27,29)/b26-14-. The number of Topliss-reactive ketones (excluding diaryl/α,β-unsaturated/α-hetero) is 1. The Balaban J connectivity index is 1.52. The molecule has 31 heavy (non-hydrogen) atoms. The summed E-state index contributed by atoms with van der Waals surface area (Å²) in [6.07, 6.45) is 0.345. The van der Waals surface area contributed by atoms with Crippen molar-refractivity contribution in [2.45, 2.75) is 70.4 Å². The van der Waals surface area contributed by atoms with Gasteiger partial charge in [-0.25, -0.2) is 15.4 Å². The van der Waals surface area contributed by atoms with Gasteiger partial charge in [0, 0.05) is 29.3 Å². The molecule has 1 amide bonds. The Morgan fingerprint density at radius 3 is 2.55 bits per heavy atom. The van der Waals surface area contributed by atoms with Crippen LogP contribution in [0.1, 0.15) is 79.6 Å². The minimum atomic E-state index is -4.59. The van der Waals surface area contributed by atoms with E-state index in [1.807, 2.05) is 10.8 Å². The second kappa shape index (κ2) is 10.4. The van der Waals surface area contributed by atoms with Gasteiger partial charge in [0.2, 0.25) is 5.91 Å². The van der Waals surface area contributed by atoms with Crippen molar-refractivity contribution in [2.75, 3.05) is 0 Å². The van der Waals surface area contributed by atoms with Crippen molar-refractivity contribution in [2.24, 2.45) is 5.10 Å². The number of hydrogen-bond acceptors (Lipinski definition) is 7. The van der Waals surface area contributed by atoms with Crippen LogP contribution in [0.4, 0.5) is 13.2 Å². The lowest BCUT2D eigenvalue weighted by Crippen LogP contribution is -2.28. The molecule has 0 bridgehead atoms. The zero-order valence-electron chi connectivity index (χ0n) is 17.0. The Labute approximate surface area is 186 Å². The zero-order chi connectivity index (χ0) is 22.4. The second-order valence-corrected chi connectivity index (χ2v) is 9.20. The molecule has 2 heterocycles. The number of hydrazone groups is 1. The maximum absolute atomic E-state index is 13.0. The van der Waals surface area contributed by atoms with Gasteiger partial charge in [-0.3, -0.25) is 9.59 Å². The quantitative estimate of drug-likeness (QED) is 0.196. The fraction of sp³-hybridized carbons (Fsp3) is 0.550. The van der Waals surface area contributed by atoms with E-state index in [9.17, 15) is 22.8 Å². The molecule has 2 aromatic heterocycles. The van der Waals surface area contributed by atoms with Crippen LogP contribution in [0.15, 0.2) is 16.7 Å². The number of ketones is 1. The molecular formula is C20H23F3N4O2S2. The van der Waals surface area contributed by atoms with Gasteiger partial charge in [0.25, 0.3) is 0 Å². The first kappa shape index (κ1) is 23.5. The van der Waals surface area contributed by atoms with Gasteiger partial charge < -0.3 is 0 Å². The third-order valence-electron chi connectivity index (χ3n) is 4.76. The average Bonchev–Trinajstić information content (AvgIpc) is 3.24. The molecule has 1 N–H and O–H groups in total. The Hall–Kier alpha value is -2.14. The number of thiazole rings is 2. The second-order valence-electron chi connectivity index (χ2n) is 7.27. The molecule has 1 saturated carbocycles. The summed E-state index contributed by atoms with van der Waals surface area (Å²) >= 11 is 2.99. The summed E-state index contributed by atoms with van der Waals surface area (Å²) in [5.41, 5.74) is 1.41. The molecule has 1 fully saturated rings. The monoisotopic (exact) mass is 472 g/mol. The minimum Gasteiger partial charge on any atom is -0.292 e. The van der Waals surface area contributed by atoms with E-state index in [0.717, 1.165) is 27.7 Å².